The molecule has 19 heavy (non-hydrogen) atoms. The molecule has 0 fully saturated rings. The van der Waals surface area contributed by atoms with E-state index in [2.05, 4.69) is 4.90 Å². The van der Waals surface area contributed by atoms with Crippen LogP contribution in [0.3, 0.4) is 0 Å². The standard InChI is InChI=1S/C13H24N4O2/c1-7-15-9-8-14(6)10(15)11-16(18)12(2,3)13(4,5)17(11)19/h7-9H2,1-6H3/q+1. The van der Waals surface area contributed by atoms with Crippen molar-refractivity contribution in [2.24, 2.45) is 0 Å². The maximum absolute atomic E-state index is 12.6. The van der Waals surface area contributed by atoms with Crippen LogP contribution < -0.4 is 0 Å². The lowest BCUT2D eigenvalue weighted by Crippen LogP contribution is -2.54. The van der Waals surface area contributed by atoms with Crippen LogP contribution in [0.2, 0.25) is 0 Å². The fraction of sp³-hybridized carbons (Fsp3) is 0.846. The zero-order valence-corrected chi connectivity index (χ0v) is 12.7. The minimum Gasteiger partial charge on any atom is -0.714 e. The molecule has 0 aromatic heterocycles. The van der Waals surface area contributed by atoms with Crippen molar-refractivity contribution in [1.29, 1.82) is 0 Å². The summed E-state index contributed by atoms with van der Waals surface area (Å²) in [4.78, 5) is 2.09. The van der Waals surface area contributed by atoms with E-state index in [1.807, 2.05) is 46.2 Å². The van der Waals surface area contributed by atoms with Crippen LogP contribution in [0.4, 0.5) is 0 Å². The average Bonchev–Trinajstić information content (AvgIpc) is 2.74. The van der Waals surface area contributed by atoms with E-state index < -0.39 is 11.1 Å². The van der Waals surface area contributed by atoms with E-state index >= 15 is 0 Å². The van der Waals surface area contributed by atoms with E-state index in [4.69, 9.17) is 0 Å². The van der Waals surface area contributed by atoms with Crippen molar-refractivity contribution in [3.8, 4) is 0 Å². The Morgan fingerprint density at radius 3 is 2.26 bits per heavy atom. The summed E-state index contributed by atoms with van der Waals surface area (Å²) in [7, 11) is 1.93. The number of likely N-dealkylation sites (N-methyl/N-ethyl adjacent to an activating group) is 2. The van der Waals surface area contributed by atoms with E-state index in [0.29, 0.717) is 0 Å². The molecule has 2 aliphatic rings. The summed E-state index contributed by atoms with van der Waals surface area (Å²) < 4.78 is 2.88. The summed E-state index contributed by atoms with van der Waals surface area (Å²) in [6, 6.07) is 0. The third-order valence-corrected chi connectivity index (χ3v) is 4.85. The van der Waals surface area contributed by atoms with Gasteiger partial charge in [-0.15, -0.1) is 0 Å². The molecule has 0 saturated carbocycles. The molecule has 2 aliphatic heterocycles. The smallest absolute Gasteiger partial charge is 0.400 e. The molecule has 0 aromatic rings. The minimum atomic E-state index is -0.750. The fourth-order valence-electron chi connectivity index (χ4n) is 2.63. The van der Waals surface area contributed by atoms with Crippen molar-refractivity contribution in [2.75, 3.05) is 26.7 Å². The van der Waals surface area contributed by atoms with Crippen molar-refractivity contribution < 1.29 is 14.5 Å². The van der Waals surface area contributed by atoms with Crippen LogP contribution in [0.5, 0.6) is 0 Å². The molecule has 0 saturated heterocycles. The number of amidine groups is 2. The Bertz CT molecular complexity index is 465. The monoisotopic (exact) mass is 268 g/mol. The lowest BCUT2D eigenvalue weighted by molar-refractivity contribution is -0.541. The van der Waals surface area contributed by atoms with E-state index in [1.165, 1.54) is 0 Å². The second kappa shape index (κ2) is 4.10. The van der Waals surface area contributed by atoms with Crippen LogP contribution in [-0.4, -0.2) is 68.7 Å². The molecule has 0 unspecified atom stereocenters. The van der Waals surface area contributed by atoms with E-state index in [-0.39, 0.29) is 5.84 Å². The Morgan fingerprint density at radius 1 is 1.26 bits per heavy atom. The topological polar surface area (TPSA) is 55.5 Å². The van der Waals surface area contributed by atoms with Gasteiger partial charge in [-0.3, -0.25) is 9.48 Å². The van der Waals surface area contributed by atoms with Crippen LogP contribution in [0, 0.1) is 5.21 Å². The normalized spacial score (nSPS) is 25.8. The second-order valence-corrected chi connectivity index (χ2v) is 6.36. The molecule has 6 nitrogen and oxygen atoms in total. The van der Waals surface area contributed by atoms with Gasteiger partial charge in [-0.05, 0) is 34.6 Å². The molecule has 0 bridgehead atoms. The highest BCUT2D eigenvalue weighted by atomic mass is 16.5. The lowest BCUT2D eigenvalue weighted by Gasteiger charge is -2.32. The zero-order valence-electron chi connectivity index (χ0n) is 12.7. The van der Waals surface area contributed by atoms with Crippen molar-refractivity contribution in [3.05, 3.63) is 5.21 Å². The Labute approximate surface area is 114 Å². The van der Waals surface area contributed by atoms with E-state index in [9.17, 15) is 10.4 Å². The van der Waals surface area contributed by atoms with Gasteiger partial charge in [0.1, 0.15) is 18.6 Å². The molecule has 107 valence electrons. The van der Waals surface area contributed by atoms with Gasteiger partial charge in [0.05, 0.1) is 13.6 Å². The van der Waals surface area contributed by atoms with Gasteiger partial charge in [0.25, 0.3) is 0 Å². The molecule has 0 spiro atoms. The summed E-state index contributed by atoms with van der Waals surface area (Å²) in [5, 5.41) is 26.1. The molecule has 0 N–H and O–H groups in total. The highest BCUT2D eigenvalue weighted by Crippen LogP contribution is 2.36. The van der Waals surface area contributed by atoms with Crippen LogP contribution in [-0.2, 0) is 5.21 Å². The Kier molecular flexibility index (Phi) is 3.04. The summed E-state index contributed by atoms with van der Waals surface area (Å²) >= 11 is 0. The molecule has 2 rings (SSSR count). The highest BCUT2D eigenvalue weighted by Gasteiger charge is 2.63. The number of nitrogens with zero attached hydrogens (tertiary/aromatic N) is 4. The van der Waals surface area contributed by atoms with E-state index in [0.717, 1.165) is 35.3 Å². The largest absolute Gasteiger partial charge is 0.714 e. The van der Waals surface area contributed by atoms with Gasteiger partial charge >= 0.3 is 11.7 Å². The summed E-state index contributed by atoms with van der Waals surface area (Å²) in [5.41, 5.74) is -1.50. The molecule has 1 radical (unpaired) electrons. The first-order chi connectivity index (χ1) is 8.66. The van der Waals surface area contributed by atoms with E-state index in [1.54, 1.807) is 0 Å². The molecule has 2 heterocycles. The Hall–Kier alpha value is -1.30. The molecule has 0 aromatic carbocycles. The first-order valence-corrected chi connectivity index (χ1v) is 6.81. The van der Waals surface area contributed by atoms with Gasteiger partial charge in [0.15, 0.2) is 5.54 Å². The SMILES string of the molecule is CCN1CC[N+](C)=C1C1=[N+]([O-])C(C)(C)C(C)(C)N1[O]. The van der Waals surface area contributed by atoms with Crippen LogP contribution >= 0.6 is 0 Å². The average molecular weight is 268 g/mol. The van der Waals surface area contributed by atoms with Crippen molar-refractivity contribution in [2.45, 2.75) is 45.7 Å². The third-order valence-electron chi connectivity index (χ3n) is 4.85. The Morgan fingerprint density at radius 2 is 1.84 bits per heavy atom. The van der Waals surface area contributed by atoms with Gasteiger partial charge in [0.2, 0.25) is 0 Å². The molecule has 0 aliphatic carbocycles. The number of hydrogen-bond donors (Lipinski definition) is 0. The quantitative estimate of drug-likeness (QED) is 0.541. The summed E-state index contributed by atoms with van der Waals surface area (Å²) in [6.07, 6.45) is 0. The van der Waals surface area contributed by atoms with Crippen LogP contribution in [0.1, 0.15) is 34.6 Å². The lowest BCUT2D eigenvalue weighted by atomic mass is 9.84. The van der Waals surface area contributed by atoms with Crippen molar-refractivity contribution in [1.82, 2.24) is 9.96 Å². The zero-order chi connectivity index (χ0) is 14.6. The number of rotatable bonds is 2. The predicted octanol–water partition coefficient (Wildman–Crippen LogP) is 0.490. The minimum absolute atomic E-state index is 0.247. The van der Waals surface area contributed by atoms with Gasteiger partial charge in [-0.2, -0.15) is 0 Å². The van der Waals surface area contributed by atoms with Crippen molar-refractivity contribution in [3.63, 3.8) is 0 Å². The maximum Gasteiger partial charge on any atom is 0.400 e. The number of hydroxylamine groups is 3. The first-order valence-electron chi connectivity index (χ1n) is 6.81. The molecule has 0 amide bonds. The molecule has 0 atom stereocenters. The molecular formula is C13H24N4O2+. The first kappa shape index (κ1) is 14.1. The Balaban J connectivity index is 2.57. The third kappa shape index (κ3) is 1.65. The van der Waals surface area contributed by atoms with Gasteiger partial charge in [-0.1, -0.05) is 5.06 Å². The van der Waals surface area contributed by atoms with Gasteiger partial charge in [0, 0.05) is 5.21 Å². The van der Waals surface area contributed by atoms with Crippen molar-refractivity contribution >= 4 is 11.7 Å². The molecule has 6 heteroatoms. The fourth-order valence-corrected chi connectivity index (χ4v) is 2.63. The van der Waals surface area contributed by atoms with Crippen LogP contribution in [0.25, 0.3) is 0 Å². The van der Waals surface area contributed by atoms with Gasteiger partial charge < -0.3 is 5.21 Å². The summed E-state index contributed by atoms with van der Waals surface area (Å²) in [6.45, 7) is 11.8. The number of hydrogen-bond acceptors (Lipinski definition) is 3. The second-order valence-electron chi connectivity index (χ2n) is 6.36. The summed E-state index contributed by atoms with van der Waals surface area (Å²) in [5.74, 6) is 1.00. The maximum atomic E-state index is 12.6. The highest BCUT2D eigenvalue weighted by molar-refractivity contribution is 6.36. The van der Waals surface area contributed by atoms with Crippen LogP contribution in [0.15, 0.2) is 0 Å². The van der Waals surface area contributed by atoms with Gasteiger partial charge in [-0.25, -0.2) is 4.74 Å². The molecular weight excluding hydrogens is 244 g/mol. The predicted molar refractivity (Wildman–Crippen MR) is 72.6 cm³/mol.